The van der Waals surface area contributed by atoms with Crippen molar-refractivity contribution in [3.05, 3.63) is 41.5 Å². The average molecular weight is 480 g/mol. The minimum Gasteiger partial charge on any atom is -0.493 e. The van der Waals surface area contributed by atoms with Gasteiger partial charge in [0.1, 0.15) is 12.4 Å². The predicted molar refractivity (Wildman–Crippen MR) is 130 cm³/mol. The molecule has 2 aliphatic rings. The van der Waals surface area contributed by atoms with Crippen LogP contribution >= 0.6 is 11.6 Å². The first kappa shape index (κ1) is 26.0. The van der Waals surface area contributed by atoms with Crippen LogP contribution in [-0.2, 0) is 14.3 Å². The summed E-state index contributed by atoms with van der Waals surface area (Å²) >= 11 is 6.55. The summed E-state index contributed by atoms with van der Waals surface area (Å²) in [6.45, 7) is 9.02. The summed E-state index contributed by atoms with van der Waals surface area (Å²) in [4.78, 5) is 14.2. The van der Waals surface area contributed by atoms with E-state index in [0.717, 1.165) is 50.6 Å². The number of rotatable bonds is 11. The van der Waals surface area contributed by atoms with E-state index in [1.54, 1.807) is 0 Å². The highest BCUT2D eigenvalue weighted by Crippen LogP contribution is 2.39. The lowest BCUT2D eigenvalue weighted by atomic mass is 9.92. The smallest absolute Gasteiger partial charge is 0.306 e. The van der Waals surface area contributed by atoms with E-state index in [-0.39, 0.29) is 23.2 Å². The first-order chi connectivity index (χ1) is 15.9. The molecule has 1 aliphatic carbocycles. The molecule has 1 saturated carbocycles. The topological polar surface area (TPSA) is 68.2 Å². The van der Waals surface area contributed by atoms with Gasteiger partial charge in [0.05, 0.1) is 25.9 Å². The van der Waals surface area contributed by atoms with Crippen LogP contribution < -0.4 is 4.74 Å². The van der Waals surface area contributed by atoms with Gasteiger partial charge in [-0.05, 0) is 50.7 Å². The summed E-state index contributed by atoms with van der Waals surface area (Å²) in [5, 5.41) is 10.4. The highest BCUT2D eigenvalue weighted by Gasteiger charge is 2.41. The minimum atomic E-state index is -0.460. The van der Waals surface area contributed by atoms with E-state index in [9.17, 15) is 9.90 Å². The number of carbonyl (C=O) groups excluding carboxylic acids is 1. The van der Waals surface area contributed by atoms with Crippen LogP contribution in [0.1, 0.15) is 36.8 Å². The Hall–Kier alpha value is -1.60. The second-order valence-electron chi connectivity index (χ2n) is 9.15. The number of allylic oxidation sites excluding steroid dienone is 2. The molecule has 7 heteroatoms. The molecule has 1 aromatic carbocycles. The number of aliphatic hydroxyl groups excluding tert-OH is 1. The lowest BCUT2D eigenvalue weighted by Crippen LogP contribution is -2.38. The molecule has 0 amide bonds. The van der Waals surface area contributed by atoms with Gasteiger partial charge < -0.3 is 19.3 Å². The van der Waals surface area contributed by atoms with Gasteiger partial charge in [-0.2, -0.15) is 0 Å². The molecule has 1 aromatic rings. The van der Waals surface area contributed by atoms with Gasteiger partial charge in [-0.25, -0.2) is 0 Å². The van der Waals surface area contributed by atoms with Crippen molar-refractivity contribution < 1.29 is 24.1 Å². The molecule has 4 atom stereocenters. The molecule has 2 fully saturated rings. The Morgan fingerprint density at radius 3 is 2.79 bits per heavy atom. The third kappa shape index (κ3) is 8.29. The summed E-state index contributed by atoms with van der Waals surface area (Å²) in [6.07, 6.45) is 5.98. The number of ether oxygens (including phenoxy) is 3. The maximum atomic E-state index is 11.9. The maximum Gasteiger partial charge on any atom is 0.306 e. The van der Waals surface area contributed by atoms with Crippen LogP contribution in [0.2, 0.25) is 0 Å². The fourth-order valence-electron chi connectivity index (χ4n) is 4.60. The third-order valence-corrected chi connectivity index (χ3v) is 7.10. The molecule has 0 aromatic heterocycles. The molecular weight excluding hydrogens is 442 g/mol. The standard InChI is InChI=1S/C26H38ClNO5/c1-19-8-9-25(20(2)16-19)33-18-22-21(23(27)17-24(22)29)6-4-3-5-7-26(30)32-15-12-28-10-13-31-14-11-28/h3-4,8-9,16,21-24,29H,5-7,10-15,17-18H2,1-2H3/b4-3-/t21-,22-,23-,24-/m1/s1. The Bertz CT molecular complexity index is 780. The molecule has 0 bridgehead atoms. The summed E-state index contributed by atoms with van der Waals surface area (Å²) in [7, 11) is 0. The number of hydrogen-bond donors (Lipinski definition) is 1. The number of alkyl halides is 1. The molecule has 3 rings (SSSR count). The second-order valence-corrected chi connectivity index (χ2v) is 9.71. The molecule has 1 N–H and O–H groups in total. The first-order valence-electron chi connectivity index (χ1n) is 12.1. The van der Waals surface area contributed by atoms with Crippen molar-refractivity contribution in [1.29, 1.82) is 0 Å². The fourth-order valence-corrected chi connectivity index (χ4v) is 5.07. The number of carbonyl (C=O) groups is 1. The monoisotopic (exact) mass is 479 g/mol. The van der Waals surface area contributed by atoms with Gasteiger partial charge >= 0.3 is 5.97 Å². The van der Waals surface area contributed by atoms with Gasteiger partial charge in [0.2, 0.25) is 0 Å². The van der Waals surface area contributed by atoms with Gasteiger partial charge in [-0.1, -0.05) is 29.8 Å². The van der Waals surface area contributed by atoms with Gasteiger partial charge in [0, 0.05) is 37.4 Å². The molecule has 1 heterocycles. The fraction of sp³-hybridized carbons (Fsp3) is 0.654. The summed E-state index contributed by atoms with van der Waals surface area (Å²) in [6, 6.07) is 6.11. The Kier molecular flexibility index (Phi) is 10.5. The van der Waals surface area contributed by atoms with Crippen molar-refractivity contribution in [1.82, 2.24) is 4.90 Å². The number of hydrogen-bond acceptors (Lipinski definition) is 6. The van der Waals surface area contributed by atoms with E-state index in [0.29, 0.717) is 32.5 Å². The molecule has 33 heavy (non-hydrogen) atoms. The Labute approximate surface area is 202 Å². The number of nitrogens with zero attached hydrogens (tertiary/aromatic N) is 1. The van der Waals surface area contributed by atoms with Crippen LogP contribution in [0.5, 0.6) is 5.75 Å². The van der Waals surface area contributed by atoms with Crippen molar-refractivity contribution in [3.63, 3.8) is 0 Å². The second kappa shape index (κ2) is 13.3. The van der Waals surface area contributed by atoms with Gasteiger partial charge in [0.15, 0.2) is 0 Å². The van der Waals surface area contributed by atoms with Crippen LogP contribution in [0.25, 0.3) is 0 Å². The molecule has 0 radical (unpaired) electrons. The molecule has 1 saturated heterocycles. The Balaban J connectivity index is 1.36. The zero-order chi connectivity index (χ0) is 23.6. The van der Waals surface area contributed by atoms with E-state index >= 15 is 0 Å². The molecule has 184 valence electrons. The SMILES string of the molecule is Cc1ccc(OC[C@@H]2[C@@H](C/C=C\CCC(=O)OCCN3CCOCC3)[C@H](Cl)C[C@H]2O)c(C)c1. The lowest BCUT2D eigenvalue weighted by Gasteiger charge is -2.26. The quantitative estimate of drug-likeness (QED) is 0.295. The number of aliphatic hydroxyl groups is 1. The predicted octanol–water partition coefficient (Wildman–Crippen LogP) is 3.89. The molecule has 0 unspecified atom stereocenters. The van der Waals surface area contributed by atoms with Gasteiger partial charge in [-0.3, -0.25) is 9.69 Å². The third-order valence-electron chi connectivity index (χ3n) is 6.60. The van der Waals surface area contributed by atoms with Crippen molar-refractivity contribution in [3.8, 4) is 5.75 Å². The molecule has 0 spiro atoms. The van der Waals surface area contributed by atoms with E-state index in [1.807, 2.05) is 25.1 Å². The van der Waals surface area contributed by atoms with E-state index in [2.05, 4.69) is 24.0 Å². The zero-order valence-electron chi connectivity index (χ0n) is 19.9. The van der Waals surface area contributed by atoms with Crippen molar-refractivity contribution in [2.75, 3.05) is 46.1 Å². The molecule has 6 nitrogen and oxygen atoms in total. The highest BCUT2D eigenvalue weighted by molar-refractivity contribution is 6.21. The van der Waals surface area contributed by atoms with Crippen LogP contribution in [-0.4, -0.2) is 73.5 Å². The number of morpholine rings is 1. The van der Waals surface area contributed by atoms with E-state index < -0.39 is 6.10 Å². The summed E-state index contributed by atoms with van der Waals surface area (Å²) in [5.41, 5.74) is 2.30. The van der Waals surface area contributed by atoms with Crippen LogP contribution in [0, 0.1) is 25.7 Å². The van der Waals surface area contributed by atoms with Crippen LogP contribution in [0.15, 0.2) is 30.4 Å². The lowest BCUT2D eigenvalue weighted by molar-refractivity contribution is -0.144. The number of halogens is 1. The summed E-state index contributed by atoms with van der Waals surface area (Å²) < 4.78 is 16.7. The maximum absolute atomic E-state index is 11.9. The van der Waals surface area contributed by atoms with Gasteiger partial charge in [-0.15, -0.1) is 11.6 Å². The first-order valence-corrected chi connectivity index (χ1v) is 12.5. The number of benzene rings is 1. The summed E-state index contributed by atoms with van der Waals surface area (Å²) in [5.74, 6) is 0.818. The highest BCUT2D eigenvalue weighted by atomic mass is 35.5. The Morgan fingerprint density at radius 2 is 2.03 bits per heavy atom. The van der Waals surface area contributed by atoms with Crippen molar-refractivity contribution in [2.24, 2.45) is 11.8 Å². The van der Waals surface area contributed by atoms with Gasteiger partial charge in [0.25, 0.3) is 0 Å². The average Bonchev–Trinajstić information content (AvgIpc) is 3.06. The van der Waals surface area contributed by atoms with Crippen molar-refractivity contribution in [2.45, 2.75) is 51.0 Å². The van der Waals surface area contributed by atoms with Crippen LogP contribution in [0.4, 0.5) is 0 Å². The normalized spacial score (nSPS) is 26.1. The Morgan fingerprint density at radius 1 is 1.24 bits per heavy atom. The number of esters is 1. The van der Waals surface area contributed by atoms with E-state index in [1.165, 1.54) is 5.56 Å². The zero-order valence-corrected chi connectivity index (χ0v) is 20.6. The minimum absolute atomic E-state index is 0.0111. The number of aryl methyl sites for hydroxylation is 2. The largest absolute Gasteiger partial charge is 0.493 e. The van der Waals surface area contributed by atoms with Crippen LogP contribution in [0.3, 0.4) is 0 Å². The van der Waals surface area contributed by atoms with Crippen molar-refractivity contribution >= 4 is 17.6 Å². The molecular formula is C26H38ClNO5. The molecule has 1 aliphatic heterocycles. The van der Waals surface area contributed by atoms with E-state index in [4.69, 9.17) is 25.8 Å².